The Hall–Kier alpha value is -2.18. The van der Waals surface area contributed by atoms with Gasteiger partial charge in [-0.15, -0.1) is 0 Å². The van der Waals surface area contributed by atoms with Crippen molar-refractivity contribution < 1.29 is 0 Å². The number of thiocarbonyl (C=S) groups is 1. The maximum absolute atomic E-state index is 5.31. The molecule has 1 aromatic heterocycles. The van der Waals surface area contributed by atoms with Crippen LogP contribution < -0.4 is 15.5 Å². The molecule has 1 saturated heterocycles. The number of likely N-dealkylation sites (N-methyl/N-ethyl adjacent to an activating group) is 1. The number of aromatic nitrogens is 1. The summed E-state index contributed by atoms with van der Waals surface area (Å²) in [6.07, 6.45) is 1.73. The van der Waals surface area contributed by atoms with Gasteiger partial charge in [-0.05, 0) is 55.7 Å². The average Bonchev–Trinajstić information content (AvgIpc) is 2.57. The summed E-state index contributed by atoms with van der Waals surface area (Å²) in [5, 5.41) is 6.79. The van der Waals surface area contributed by atoms with Crippen molar-refractivity contribution >= 4 is 34.5 Å². The minimum absolute atomic E-state index is 0.538. The summed E-state index contributed by atoms with van der Waals surface area (Å²) in [5.74, 6) is 0.735. The van der Waals surface area contributed by atoms with Crippen LogP contribution in [0.15, 0.2) is 48.7 Å². The molecule has 2 N–H and O–H groups in total. The van der Waals surface area contributed by atoms with E-state index in [-0.39, 0.29) is 0 Å². The van der Waals surface area contributed by atoms with E-state index in [9.17, 15) is 0 Å². The minimum atomic E-state index is 0.538. The molecule has 0 amide bonds. The number of hydrogen-bond donors (Lipinski definition) is 2. The lowest BCUT2D eigenvalue weighted by Crippen LogP contribution is -2.44. The molecule has 1 fully saturated rings. The van der Waals surface area contributed by atoms with Crippen LogP contribution >= 0.6 is 12.2 Å². The number of benzene rings is 1. The van der Waals surface area contributed by atoms with Gasteiger partial charge in [0.05, 0.1) is 0 Å². The largest absolute Gasteiger partial charge is 0.369 e. The van der Waals surface area contributed by atoms with Gasteiger partial charge in [0.1, 0.15) is 5.82 Å². The molecule has 120 valence electrons. The first-order valence-electron chi connectivity index (χ1n) is 7.73. The fourth-order valence-electron chi connectivity index (χ4n) is 2.54. The number of rotatable bonds is 3. The van der Waals surface area contributed by atoms with Gasteiger partial charge in [0, 0.05) is 43.8 Å². The standard InChI is InChI=1S/C17H21N5S/c1-21-10-12-22(13-11-21)15-7-5-14(6-8-15)19-17(23)20-16-4-2-3-9-18-16/h2-9H,10-13H2,1H3,(H2,18,19,20,23). The maximum Gasteiger partial charge on any atom is 0.176 e. The highest BCUT2D eigenvalue weighted by Crippen LogP contribution is 2.19. The number of pyridine rings is 1. The van der Waals surface area contributed by atoms with Crippen LogP contribution in [0.1, 0.15) is 0 Å². The molecule has 0 spiro atoms. The molecule has 0 radical (unpaired) electrons. The van der Waals surface area contributed by atoms with Gasteiger partial charge in [0.15, 0.2) is 5.11 Å². The lowest BCUT2D eigenvalue weighted by atomic mass is 10.2. The molecule has 1 aromatic carbocycles. The van der Waals surface area contributed by atoms with Crippen LogP contribution in [0.25, 0.3) is 0 Å². The Balaban J connectivity index is 1.56. The third-order valence-corrected chi connectivity index (χ3v) is 4.10. The summed E-state index contributed by atoms with van der Waals surface area (Å²) in [5.41, 5.74) is 2.23. The van der Waals surface area contributed by atoms with E-state index in [0.29, 0.717) is 5.11 Å². The van der Waals surface area contributed by atoms with Crippen molar-refractivity contribution in [2.75, 3.05) is 48.8 Å². The maximum atomic E-state index is 5.31. The second-order valence-electron chi connectivity index (χ2n) is 5.63. The third kappa shape index (κ3) is 4.40. The van der Waals surface area contributed by atoms with Gasteiger partial charge in [-0.2, -0.15) is 0 Å². The minimum Gasteiger partial charge on any atom is -0.369 e. The predicted molar refractivity (Wildman–Crippen MR) is 100 cm³/mol. The van der Waals surface area contributed by atoms with E-state index in [2.05, 4.69) is 56.7 Å². The Morgan fingerprint density at radius 2 is 1.74 bits per heavy atom. The topological polar surface area (TPSA) is 43.4 Å². The van der Waals surface area contributed by atoms with Crippen molar-refractivity contribution in [3.63, 3.8) is 0 Å². The average molecular weight is 327 g/mol. The summed E-state index contributed by atoms with van der Waals surface area (Å²) in [6, 6.07) is 14.1. The van der Waals surface area contributed by atoms with Crippen molar-refractivity contribution in [2.24, 2.45) is 0 Å². The predicted octanol–water partition coefficient (Wildman–Crippen LogP) is 2.64. The fourth-order valence-corrected chi connectivity index (χ4v) is 2.76. The number of anilines is 3. The number of nitrogens with zero attached hydrogens (tertiary/aromatic N) is 3. The summed E-state index contributed by atoms with van der Waals surface area (Å²) >= 11 is 5.31. The zero-order valence-corrected chi connectivity index (χ0v) is 14.0. The van der Waals surface area contributed by atoms with Crippen LogP contribution in [-0.4, -0.2) is 48.2 Å². The highest BCUT2D eigenvalue weighted by molar-refractivity contribution is 7.80. The van der Waals surface area contributed by atoms with Crippen LogP contribution in [0.3, 0.4) is 0 Å². The van der Waals surface area contributed by atoms with Crippen molar-refractivity contribution in [2.45, 2.75) is 0 Å². The Labute approximate surface area is 142 Å². The summed E-state index contributed by atoms with van der Waals surface area (Å²) < 4.78 is 0. The number of hydrogen-bond acceptors (Lipinski definition) is 4. The molecule has 2 aromatic rings. The van der Waals surface area contributed by atoms with E-state index in [1.807, 2.05) is 18.2 Å². The third-order valence-electron chi connectivity index (χ3n) is 3.90. The van der Waals surface area contributed by atoms with Crippen LogP contribution in [0.5, 0.6) is 0 Å². The first-order valence-corrected chi connectivity index (χ1v) is 8.14. The monoisotopic (exact) mass is 327 g/mol. The van der Waals surface area contributed by atoms with Crippen molar-refractivity contribution in [3.8, 4) is 0 Å². The van der Waals surface area contributed by atoms with E-state index >= 15 is 0 Å². The lowest BCUT2D eigenvalue weighted by Gasteiger charge is -2.34. The quantitative estimate of drug-likeness (QED) is 0.845. The Morgan fingerprint density at radius 1 is 1.00 bits per heavy atom. The summed E-state index contributed by atoms with van der Waals surface area (Å²) in [7, 11) is 2.17. The molecule has 1 aliphatic rings. The highest BCUT2D eigenvalue weighted by Gasteiger charge is 2.13. The molecule has 3 rings (SSSR count). The van der Waals surface area contributed by atoms with Crippen molar-refractivity contribution in [1.29, 1.82) is 0 Å². The van der Waals surface area contributed by atoms with Gasteiger partial charge in [0.25, 0.3) is 0 Å². The van der Waals surface area contributed by atoms with Crippen LogP contribution in [0.4, 0.5) is 17.2 Å². The molecule has 0 unspecified atom stereocenters. The second kappa shape index (κ2) is 7.39. The zero-order valence-electron chi connectivity index (χ0n) is 13.2. The second-order valence-corrected chi connectivity index (χ2v) is 6.04. The van der Waals surface area contributed by atoms with Gasteiger partial charge in [-0.3, -0.25) is 0 Å². The highest BCUT2D eigenvalue weighted by atomic mass is 32.1. The Bertz CT molecular complexity index is 636. The Kier molecular flexibility index (Phi) is 5.05. The molecule has 0 saturated carbocycles. The van der Waals surface area contributed by atoms with Crippen LogP contribution in [0, 0.1) is 0 Å². The zero-order chi connectivity index (χ0) is 16.1. The molecule has 6 heteroatoms. The first kappa shape index (κ1) is 15.7. The van der Waals surface area contributed by atoms with Gasteiger partial charge >= 0.3 is 0 Å². The van der Waals surface area contributed by atoms with Gasteiger partial charge in [0.2, 0.25) is 0 Å². The summed E-state index contributed by atoms with van der Waals surface area (Å²) in [4.78, 5) is 8.96. The number of piperazine rings is 1. The number of nitrogens with one attached hydrogen (secondary N) is 2. The van der Waals surface area contributed by atoms with Crippen LogP contribution in [0.2, 0.25) is 0 Å². The smallest absolute Gasteiger partial charge is 0.176 e. The van der Waals surface area contributed by atoms with Crippen LogP contribution in [-0.2, 0) is 0 Å². The molecule has 5 nitrogen and oxygen atoms in total. The molecule has 1 aliphatic heterocycles. The van der Waals surface area contributed by atoms with E-state index in [1.54, 1.807) is 6.20 Å². The fraction of sp³-hybridized carbons (Fsp3) is 0.294. The van der Waals surface area contributed by atoms with Gasteiger partial charge in [-0.25, -0.2) is 4.98 Å². The molecule has 0 atom stereocenters. The molecule has 2 heterocycles. The van der Waals surface area contributed by atoms with E-state index in [0.717, 1.165) is 37.7 Å². The van der Waals surface area contributed by atoms with Gasteiger partial charge in [-0.1, -0.05) is 6.07 Å². The summed E-state index contributed by atoms with van der Waals surface area (Å²) in [6.45, 7) is 4.36. The van der Waals surface area contributed by atoms with E-state index < -0.39 is 0 Å². The van der Waals surface area contributed by atoms with Gasteiger partial charge < -0.3 is 20.4 Å². The normalized spacial score (nSPS) is 15.3. The molecule has 23 heavy (non-hydrogen) atoms. The molecule has 0 bridgehead atoms. The molecular weight excluding hydrogens is 306 g/mol. The Morgan fingerprint density at radius 3 is 2.39 bits per heavy atom. The molecule has 0 aliphatic carbocycles. The first-order chi connectivity index (χ1) is 11.2. The molecular formula is C17H21N5S. The van der Waals surface area contributed by atoms with E-state index in [1.165, 1.54) is 5.69 Å². The van der Waals surface area contributed by atoms with Crippen molar-refractivity contribution in [1.82, 2.24) is 9.88 Å². The lowest BCUT2D eigenvalue weighted by molar-refractivity contribution is 0.313. The van der Waals surface area contributed by atoms with E-state index in [4.69, 9.17) is 12.2 Å². The SMILES string of the molecule is CN1CCN(c2ccc(NC(=S)Nc3ccccn3)cc2)CC1. The van der Waals surface area contributed by atoms with Crippen molar-refractivity contribution in [3.05, 3.63) is 48.7 Å².